The maximum atomic E-state index is 13.7. The first-order valence-electron chi connectivity index (χ1n) is 12.0. The molecule has 2 heterocycles. The van der Waals surface area contributed by atoms with Crippen molar-refractivity contribution in [3.05, 3.63) is 29.3 Å². The molecule has 0 spiro atoms. The minimum atomic E-state index is -3.69. The Labute approximate surface area is 194 Å². The molecule has 0 radical (unpaired) electrons. The van der Waals surface area contributed by atoms with Crippen LogP contribution in [0, 0.1) is 13.8 Å². The maximum absolute atomic E-state index is 13.7. The van der Waals surface area contributed by atoms with Crippen LogP contribution in [0.1, 0.15) is 50.7 Å². The molecule has 2 fully saturated rings. The van der Waals surface area contributed by atoms with E-state index in [4.69, 9.17) is 0 Å². The summed E-state index contributed by atoms with van der Waals surface area (Å²) in [7, 11) is -3.69. The van der Waals surface area contributed by atoms with Crippen LogP contribution < -0.4 is 5.32 Å². The summed E-state index contributed by atoms with van der Waals surface area (Å²) >= 11 is 0. The lowest BCUT2D eigenvalue weighted by atomic mass is 9.98. The quantitative estimate of drug-likeness (QED) is 0.640. The molecule has 1 amide bonds. The number of rotatable bonds is 8. The Morgan fingerprint density at radius 2 is 1.75 bits per heavy atom. The van der Waals surface area contributed by atoms with E-state index in [1.807, 2.05) is 30.9 Å². The van der Waals surface area contributed by atoms with Gasteiger partial charge in [-0.3, -0.25) is 9.69 Å². The number of nitrogens with one attached hydrogen (secondary N) is 1. The number of amides is 1. The molecule has 180 valence electrons. The molecule has 32 heavy (non-hydrogen) atoms. The van der Waals surface area contributed by atoms with E-state index in [1.165, 1.54) is 6.42 Å². The Bertz CT molecular complexity index is 873. The number of benzene rings is 1. The van der Waals surface area contributed by atoms with Crippen molar-refractivity contribution in [3.63, 3.8) is 0 Å². The predicted molar refractivity (Wildman–Crippen MR) is 128 cm³/mol. The molecule has 2 atom stereocenters. The van der Waals surface area contributed by atoms with Gasteiger partial charge in [0.1, 0.15) is 0 Å². The summed E-state index contributed by atoms with van der Waals surface area (Å²) in [6.07, 6.45) is 3.74. The zero-order valence-corrected chi connectivity index (χ0v) is 21.0. The number of sulfonamides is 1. The van der Waals surface area contributed by atoms with Crippen LogP contribution in [-0.4, -0.2) is 86.3 Å². The van der Waals surface area contributed by atoms with Gasteiger partial charge in [-0.15, -0.1) is 0 Å². The summed E-state index contributed by atoms with van der Waals surface area (Å²) < 4.78 is 28.9. The van der Waals surface area contributed by atoms with Gasteiger partial charge < -0.3 is 10.2 Å². The average molecular weight is 465 g/mol. The van der Waals surface area contributed by atoms with Crippen molar-refractivity contribution in [1.82, 2.24) is 19.4 Å². The van der Waals surface area contributed by atoms with Crippen molar-refractivity contribution in [1.29, 1.82) is 0 Å². The fourth-order valence-corrected chi connectivity index (χ4v) is 6.65. The highest BCUT2D eigenvalue weighted by Gasteiger charge is 2.30. The number of likely N-dealkylation sites (tertiary alicyclic amines) is 1. The second kappa shape index (κ2) is 11.1. The van der Waals surface area contributed by atoms with Gasteiger partial charge in [-0.05, 0) is 57.7 Å². The number of piperazine rings is 1. The normalized spacial score (nSPS) is 23.0. The highest BCUT2D eigenvalue weighted by atomic mass is 32.2. The van der Waals surface area contributed by atoms with Gasteiger partial charge in [0.2, 0.25) is 15.9 Å². The van der Waals surface area contributed by atoms with E-state index in [0.717, 1.165) is 37.1 Å². The molecule has 0 bridgehead atoms. The van der Waals surface area contributed by atoms with E-state index in [-0.39, 0.29) is 18.9 Å². The maximum Gasteiger partial charge on any atom is 0.243 e. The Kier molecular flexibility index (Phi) is 8.72. The van der Waals surface area contributed by atoms with Crippen molar-refractivity contribution >= 4 is 15.9 Å². The second-order valence-corrected chi connectivity index (χ2v) is 11.3. The monoisotopic (exact) mass is 464 g/mol. The number of carbonyl (C=O) groups is 1. The van der Waals surface area contributed by atoms with E-state index in [0.29, 0.717) is 43.2 Å². The Morgan fingerprint density at radius 1 is 1.09 bits per heavy atom. The van der Waals surface area contributed by atoms with Gasteiger partial charge in [0.15, 0.2) is 0 Å². The molecule has 2 aliphatic rings. The molecule has 1 aromatic rings. The number of aryl methyl sites for hydroxylation is 2. The molecule has 1 aromatic carbocycles. The van der Waals surface area contributed by atoms with E-state index >= 15 is 0 Å². The van der Waals surface area contributed by atoms with Crippen molar-refractivity contribution in [3.8, 4) is 0 Å². The molecule has 8 heteroatoms. The largest absolute Gasteiger partial charge is 0.340 e. The highest BCUT2D eigenvalue weighted by Crippen LogP contribution is 2.25. The summed E-state index contributed by atoms with van der Waals surface area (Å²) in [5.74, 6) is 0.0346. The summed E-state index contributed by atoms with van der Waals surface area (Å²) in [5, 5.41) is 3.25. The third-order valence-corrected chi connectivity index (χ3v) is 9.03. The van der Waals surface area contributed by atoms with Gasteiger partial charge in [0.05, 0.1) is 4.90 Å². The molecular weight excluding hydrogens is 424 g/mol. The molecule has 0 saturated carbocycles. The van der Waals surface area contributed by atoms with Gasteiger partial charge in [-0.1, -0.05) is 18.6 Å². The minimum Gasteiger partial charge on any atom is -0.340 e. The Hall–Kier alpha value is -1.48. The third kappa shape index (κ3) is 6.10. The first kappa shape index (κ1) is 25.1. The van der Waals surface area contributed by atoms with E-state index in [2.05, 4.69) is 24.1 Å². The van der Waals surface area contributed by atoms with Crippen molar-refractivity contribution in [2.24, 2.45) is 0 Å². The van der Waals surface area contributed by atoms with E-state index in [9.17, 15) is 13.2 Å². The fraction of sp³-hybridized carbons (Fsp3) is 0.708. The average Bonchev–Trinajstić information content (AvgIpc) is 2.77. The fourth-order valence-electron chi connectivity index (χ4n) is 4.91. The minimum absolute atomic E-state index is 0.0346. The number of hydrogen-bond acceptors (Lipinski definition) is 5. The van der Waals surface area contributed by atoms with Crippen LogP contribution in [0.2, 0.25) is 0 Å². The van der Waals surface area contributed by atoms with Gasteiger partial charge in [-0.2, -0.15) is 4.31 Å². The zero-order chi connectivity index (χ0) is 23.3. The van der Waals surface area contributed by atoms with Crippen LogP contribution in [0.4, 0.5) is 0 Å². The topological polar surface area (TPSA) is 73.0 Å². The molecule has 3 rings (SSSR count). The standard InChI is InChI=1S/C24H40N4O3S/c1-19-8-9-20(2)23(18-19)32(30,31)27(13-10-24(29)26-14-11-25-12-15-26)16-17-28-21(3)6-5-7-22(28)4/h8-9,18,21-22,25H,5-7,10-17H2,1-4H3/t21-,22-/m1/s1. The molecule has 0 aromatic heterocycles. The summed E-state index contributed by atoms with van der Waals surface area (Å²) in [6.45, 7) is 12.5. The summed E-state index contributed by atoms with van der Waals surface area (Å²) in [6, 6.07) is 6.45. The number of hydrogen-bond donors (Lipinski definition) is 1. The lowest BCUT2D eigenvalue weighted by molar-refractivity contribution is -0.131. The van der Waals surface area contributed by atoms with Crippen LogP contribution in [-0.2, 0) is 14.8 Å². The van der Waals surface area contributed by atoms with Crippen LogP contribution in [0.5, 0.6) is 0 Å². The van der Waals surface area contributed by atoms with Crippen molar-refractivity contribution in [2.75, 3.05) is 45.8 Å². The predicted octanol–water partition coefficient (Wildman–Crippen LogP) is 2.38. The lowest BCUT2D eigenvalue weighted by Crippen LogP contribution is -2.49. The summed E-state index contributed by atoms with van der Waals surface area (Å²) in [5.41, 5.74) is 1.66. The zero-order valence-electron chi connectivity index (χ0n) is 20.1. The first-order valence-corrected chi connectivity index (χ1v) is 13.5. The number of piperidine rings is 1. The molecule has 2 aliphatic heterocycles. The van der Waals surface area contributed by atoms with Crippen LogP contribution >= 0.6 is 0 Å². The number of carbonyl (C=O) groups excluding carboxylic acids is 1. The van der Waals surface area contributed by atoms with Gasteiger partial charge >= 0.3 is 0 Å². The van der Waals surface area contributed by atoms with Crippen LogP contribution in [0.25, 0.3) is 0 Å². The number of nitrogens with zero attached hydrogens (tertiary/aromatic N) is 3. The van der Waals surface area contributed by atoms with E-state index in [1.54, 1.807) is 10.4 Å². The van der Waals surface area contributed by atoms with Gasteiger partial charge in [0, 0.05) is 64.3 Å². The van der Waals surface area contributed by atoms with Gasteiger partial charge in [-0.25, -0.2) is 8.42 Å². The Morgan fingerprint density at radius 3 is 2.41 bits per heavy atom. The smallest absolute Gasteiger partial charge is 0.243 e. The molecule has 0 aliphatic carbocycles. The molecule has 0 unspecified atom stereocenters. The highest BCUT2D eigenvalue weighted by molar-refractivity contribution is 7.89. The summed E-state index contributed by atoms with van der Waals surface area (Å²) in [4.78, 5) is 17.4. The van der Waals surface area contributed by atoms with Crippen LogP contribution in [0.15, 0.2) is 23.1 Å². The van der Waals surface area contributed by atoms with Crippen molar-refractivity contribution < 1.29 is 13.2 Å². The molecular formula is C24H40N4O3S. The Balaban J connectivity index is 1.77. The molecule has 1 N–H and O–H groups in total. The molecule has 2 saturated heterocycles. The first-order chi connectivity index (χ1) is 15.2. The SMILES string of the molecule is Cc1ccc(C)c(S(=O)(=O)N(CCC(=O)N2CCNCC2)CCN2[C@H](C)CCC[C@H]2C)c1. The second-order valence-electron chi connectivity index (χ2n) is 9.42. The van der Waals surface area contributed by atoms with Crippen LogP contribution in [0.3, 0.4) is 0 Å². The van der Waals surface area contributed by atoms with Gasteiger partial charge in [0.25, 0.3) is 0 Å². The third-order valence-electron chi connectivity index (χ3n) is 6.99. The lowest BCUT2D eigenvalue weighted by Gasteiger charge is -2.40. The molecule has 7 nitrogen and oxygen atoms in total. The van der Waals surface area contributed by atoms with Crippen molar-refractivity contribution in [2.45, 2.75) is 70.4 Å². The van der Waals surface area contributed by atoms with E-state index < -0.39 is 10.0 Å².